The Morgan fingerprint density at radius 3 is 2.66 bits per heavy atom. The van der Waals surface area contributed by atoms with E-state index in [1.807, 2.05) is 13.0 Å². The van der Waals surface area contributed by atoms with Gasteiger partial charge in [0.25, 0.3) is 5.91 Å². The second kappa shape index (κ2) is 9.29. The summed E-state index contributed by atoms with van der Waals surface area (Å²) in [5.74, 6) is 0.279. The van der Waals surface area contributed by atoms with Gasteiger partial charge in [0.1, 0.15) is 5.69 Å². The molecule has 3 aromatic rings. The number of nitrogens with zero attached hydrogens (tertiary/aromatic N) is 7. The second-order valence-corrected chi connectivity index (χ2v) is 7.87. The van der Waals surface area contributed by atoms with E-state index in [1.54, 1.807) is 39.9 Å². The first-order valence-electron chi connectivity index (χ1n) is 10.9. The fraction of sp³-hybridized carbons (Fsp3) is 0.455. The lowest BCUT2D eigenvalue weighted by molar-refractivity contribution is -0.117. The van der Waals surface area contributed by atoms with E-state index in [0.29, 0.717) is 23.8 Å². The van der Waals surface area contributed by atoms with Gasteiger partial charge in [-0.1, -0.05) is 24.4 Å². The van der Waals surface area contributed by atoms with E-state index in [-0.39, 0.29) is 29.7 Å². The highest BCUT2D eigenvalue weighted by atomic mass is 16.5. The summed E-state index contributed by atoms with van der Waals surface area (Å²) in [5, 5.41) is 4.04. The van der Waals surface area contributed by atoms with Gasteiger partial charge in [-0.2, -0.15) is 4.98 Å². The lowest BCUT2D eigenvalue weighted by Crippen LogP contribution is -2.40. The third-order valence-electron chi connectivity index (χ3n) is 5.83. The monoisotopic (exact) mass is 437 g/mol. The summed E-state index contributed by atoms with van der Waals surface area (Å²) in [6.07, 6.45) is 9.96. The minimum absolute atomic E-state index is 0.0608. The molecule has 168 valence electrons. The van der Waals surface area contributed by atoms with E-state index in [0.717, 1.165) is 25.7 Å². The summed E-state index contributed by atoms with van der Waals surface area (Å²) >= 11 is 0. The third kappa shape index (κ3) is 4.12. The lowest BCUT2D eigenvalue weighted by Gasteiger charge is -2.30. The standard InChI is InChI=1S/C22H27N7O3/c1-4-28(17-11-8-12-23-13-17)21(31)18-14-24-20(27(18)3)19-25-22(32-26-19)29(15(2)30)16-9-6-5-7-10-16/h8,11-14,16H,4-7,9-10H2,1-3H3. The Labute approximate surface area is 186 Å². The molecular weight excluding hydrogens is 410 g/mol. The van der Waals surface area contributed by atoms with E-state index >= 15 is 0 Å². The highest BCUT2D eigenvalue weighted by Crippen LogP contribution is 2.28. The lowest BCUT2D eigenvalue weighted by atomic mass is 9.94. The van der Waals surface area contributed by atoms with E-state index in [4.69, 9.17) is 4.52 Å². The van der Waals surface area contributed by atoms with Crippen LogP contribution in [-0.4, -0.2) is 49.1 Å². The molecule has 1 fully saturated rings. The number of imidazole rings is 1. The van der Waals surface area contributed by atoms with Crippen LogP contribution in [0.3, 0.4) is 0 Å². The molecule has 3 heterocycles. The highest BCUT2D eigenvalue weighted by Gasteiger charge is 2.30. The maximum atomic E-state index is 13.2. The minimum Gasteiger partial charge on any atom is -0.320 e. The first kappa shape index (κ1) is 21.7. The van der Waals surface area contributed by atoms with Crippen molar-refractivity contribution >= 4 is 23.5 Å². The van der Waals surface area contributed by atoms with E-state index in [9.17, 15) is 9.59 Å². The molecule has 3 aromatic heterocycles. The number of hydrogen-bond donors (Lipinski definition) is 0. The Morgan fingerprint density at radius 2 is 2.00 bits per heavy atom. The highest BCUT2D eigenvalue weighted by molar-refractivity contribution is 6.05. The van der Waals surface area contributed by atoms with Gasteiger partial charge in [-0.3, -0.25) is 19.5 Å². The summed E-state index contributed by atoms with van der Waals surface area (Å²) < 4.78 is 7.08. The van der Waals surface area contributed by atoms with Crippen LogP contribution in [0.1, 0.15) is 56.4 Å². The molecule has 0 radical (unpaired) electrons. The fourth-order valence-corrected chi connectivity index (χ4v) is 4.20. The Balaban J connectivity index is 1.60. The molecular formula is C22H27N7O3. The number of amides is 2. The van der Waals surface area contributed by atoms with Gasteiger partial charge in [-0.15, -0.1) is 0 Å². The van der Waals surface area contributed by atoms with Crippen molar-refractivity contribution < 1.29 is 14.1 Å². The van der Waals surface area contributed by atoms with Gasteiger partial charge in [0.2, 0.25) is 11.7 Å². The molecule has 0 saturated heterocycles. The topological polar surface area (TPSA) is 110 Å². The molecule has 0 aromatic carbocycles. The Hall–Kier alpha value is -3.56. The first-order chi connectivity index (χ1) is 15.5. The van der Waals surface area contributed by atoms with Crippen LogP contribution in [-0.2, 0) is 11.8 Å². The molecule has 0 aliphatic heterocycles. The number of anilines is 2. The van der Waals surface area contributed by atoms with Gasteiger partial charge in [0.15, 0.2) is 5.82 Å². The first-order valence-corrected chi connectivity index (χ1v) is 10.9. The van der Waals surface area contributed by atoms with Crippen LogP contribution in [0.2, 0.25) is 0 Å². The van der Waals surface area contributed by atoms with Crippen LogP contribution >= 0.6 is 0 Å². The summed E-state index contributed by atoms with van der Waals surface area (Å²) in [7, 11) is 1.73. The second-order valence-electron chi connectivity index (χ2n) is 7.87. The smallest absolute Gasteiger partial charge is 0.320 e. The van der Waals surface area contributed by atoms with Crippen molar-refractivity contribution in [1.29, 1.82) is 0 Å². The molecule has 2 amide bonds. The van der Waals surface area contributed by atoms with Gasteiger partial charge in [-0.05, 0) is 31.9 Å². The predicted molar refractivity (Wildman–Crippen MR) is 118 cm³/mol. The van der Waals surface area contributed by atoms with Crippen LogP contribution in [0.15, 0.2) is 35.2 Å². The SMILES string of the molecule is CCN(C(=O)c1cnc(-c2noc(N(C(C)=O)C3CCCCC3)n2)n1C)c1cccnc1. The molecule has 0 unspecified atom stereocenters. The summed E-state index contributed by atoms with van der Waals surface area (Å²) in [6.45, 7) is 3.88. The molecule has 10 heteroatoms. The van der Waals surface area contributed by atoms with Gasteiger partial charge in [0.05, 0.1) is 18.1 Å². The van der Waals surface area contributed by atoms with E-state index in [1.165, 1.54) is 19.5 Å². The van der Waals surface area contributed by atoms with Crippen LogP contribution in [0.4, 0.5) is 11.7 Å². The van der Waals surface area contributed by atoms with Crippen molar-refractivity contribution in [1.82, 2.24) is 24.7 Å². The van der Waals surface area contributed by atoms with Crippen molar-refractivity contribution in [3.05, 3.63) is 36.4 Å². The summed E-state index contributed by atoms with van der Waals surface area (Å²) in [4.78, 5) is 41.6. The van der Waals surface area contributed by atoms with Gasteiger partial charge >= 0.3 is 6.01 Å². The zero-order chi connectivity index (χ0) is 22.7. The normalized spacial score (nSPS) is 14.3. The molecule has 0 atom stereocenters. The number of carbonyl (C=O) groups is 2. The van der Waals surface area contributed by atoms with Crippen LogP contribution in [0.25, 0.3) is 11.6 Å². The Bertz CT molecular complexity index is 1090. The number of pyridine rings is 1. The van der Waals surface area contributed by atoms with Crippen molar-refractivity contribution in [3.63, 3.8) is 0 Å². The van der Waals surface area contributed by atoms with Crippen molar-refractivity contribution in [2.75, 3.05) is 16.3 Å². The predicted octanol–water partition coefficient (Wildman–Crippen LogP) is 3.22. The van der Waals surface area contributed by atoms with Crippen LogP contribution in [0.5, 0.6) is 0 Å². The van der Waals surface area contributed by atoms with E-state index < -0.39 is 0 Å². The zero-order valence-corrected chi connectivity index (χ0v) is 18.6. The average molecular weight is 438 g/mol. The average Bonchev–Trinajstić information content (AvgIpc) is 3.42. The van der Waals surface area contributed by atoms with E-state index in [2.05, 4.69) is 20.1 Å². The van der Waals surface area contributed by atoms with Gasteiger partial charge in [-0.25, -0.2) is 4.98 Å². The minimum atomic E-state index is -0.210. The largest absolute Gasteiger partial charge is 0.331 e. The maximum absolute atomic E-state index is 13.2. The molecule has 10 nitrogen and oxygen atoms in total. The van der Waals surface area contributed by atoms with Crippen LogP contribution < -0.4 is 9.80 Å². The number of rotatable bonds is 6. The number of carbonyl (C=O) groups excluding carboxylic acids is 2. The maximum Gasteiger partial charge on any atom is 0.331 e. The van der Waals surface area contributed by atoms with Crippen LogP contribution in [0, 0.1) is 0 Å². The molecule has 1 aliphatic carbocycles. The molecule has 4 rings (SSSR count). The molecule has 32 heavy (non-hydrogen) atoms. The fourth-order valence-electron chi connectivity index (χ4n) is 4.20. The Kier molecular flexibility index (Phi) is 6.29. The Morgan fingerprint density at radius 1 is 1.22 bits per heavy atom. The number of hydrogen-bond acceptors (Lipinski definition) is 7. The number of aromatic nitrogens is 5. The zero-order valence-electron chi connectivity index (χ0n) is 18.6. The molecule has 1 saturated carbocycles. The molecule has 0 spiro atoms. The molecule has 1 aliphatic rings. The summed E-state index contributed by atoms with van der Waals surface area (Å²) in [6, 6.07) is 3.85. The molecule has 0 N–H and O–H groups in total. The van der Waals surface area contributed by atoms with Crippen molar-refractivity contribution in [2.24, 2.45) is 7.05 Å². The summed E-state index contributed by atoms with van der Waals surface area (Å²) in [5.41, 5.74) is 1.09. The van der Waals surface area contributed by atoms with Gasteiger partial charge in [0, 0.05) is 32.8 Å². The third-order valence-corrected chi connectivity index (χ3v) is 5.83. The van der Waals surface area contributed by atoms with Crippen molar-refractivity contribution in [3.8, 4) is 11.6 Å². The van der Waals surface area contributed by atoms with Gasteiger partial charge < -0.3 is 14.0 Å². The van der Waals surface area contributed by atoms with Crippen molar-refractivity contribution in [2.45, 2.75) is 52.0 Å². The quantitative estimate of drug-likeness (QED) is 0.582. The molecule has 0 bridgehead atoms.